The van der Waals surface area contributed by atoms with E-state index in [4.69, 9.17) is 4.74 Å². The summed E-state index contributed by atoms with van der Waals surface area (Å²) in [5.74, 6) is 1.11. The van der Waals surface area contributed by atoms with Crippen molar-refractivity contribution in [2.24, 2.45) is 0 Å². The van der Waals surface area contributed by atoms with Gasteiger partial charge in [0.05, 0.1) is 6.61 Å². The number of hydrogen-bond acceptors (Lipinski definition) is 6. The van der Waals surface area contributed by atoms with Crippen molar-refractivity contribution < 1.29 is 4.74 Å². The Balaban J connectivity index is 2.33. The lowest BCUT2D eigenvalue weighted by molar-refractivity contribution is 0.292. The van der Waals surface area contributed by atoms with E-state index in [1.807, 2.05) is 19.9 Å². The average molecular weight is 287 g/mol. The number of rotatable bonds is 7. The second kappa shape index (κ2) is 7.52. The van der Waals surface area contributed by atoms with E-state index in [0.717, 1.165) is 30.5 Å². The highest BCUT2D eigenvalue weighted by atomic mass is 16.5. The van der Waals surface area contributed by atoms with Crippen LogP contribution in [0.25, 0.3) is 11.4 Å². The van der Waals surface area contributed by atoms with Crippen molar-refractivity contribution in [2.45, 2.75) is 33.6 Å². The van der Waals surface area contributed by atoms with Gasteiger partial charge >= 0.3 is 6.01 Å². The molecular formula is C15H21N5O. The fourth-order valence-electron chi connectivity index (χ4n) is 1.74. The molecule has 6 nitrogen and oxygen atoms in total. The highest BCUT2D eigenvalue weighted by Gasteiger charge is 2.09. The zero-order valence-corrected chi connectivity index (χ0v) is 12.8. The van der Waals surface area contributed by atoms with Crippen LogP contribution < -0.4 is 10.1 Å². The molecule has 0 unspecified atom stereocenters. The molecule has 112 valence electrons. The van der Waals surface area contributed by atoms with Crippen LogP contribution in [0, 0.1) is 6.92 Å². The maximum atomic E-state index is 5.55. The lowest BCUT2D eigenvalue weighted by Gasteiger charge is -2.09. The highest BCUT2D eigenvalue weighted by Crippen LogP contribution is 2.19. The van der Waals surface area contributed by atoms with Crippen LogP contribution in [0.1, 0.15) is 32.3 Å². The van der Waals surface area contributed by atoms with Crippen molar-refractivity contribution >= 4 is 5.95 Å². The van der Waals surface area contributed by atoms with Crippen LogP contribution in [0.5, 0.6) is 6.01 Å². The van der Waals surface area contributed by atoms with Crippen LogP contribution >= 0.6 is 0 Å². The summed E-state index contributed by atoms with van der Waals surface area (Å²) in [6.07, 6.45) is 5.45. The van der Waals surface area contributed by atoms with Crippen molar-refractivity contribution in [1.29, 1.82) is 0 Å². The van der Waals surface area contributed by atoms with Gasteiger partial charge in [-0.15, -0.1) is 0 Å². The number of hydrogen-bond donors (Lipinski definition) is 1. The Morgan fingerprint density at radius 3 is 2.67 bits per heavy atom. The molecule has 0 saturated carbocycles. The molecule has 2 heterocycles. The number of nitrogens with one attached hydrogen (secondary N) is 1. The number of aryl methyl sites for hydroxylation is 1. The van der Waals surface area contributed by atoms with Gasteiger partial charge in [0.25, 0.3) is 0 Å². The molecular weight excluding hydrogens is 266 g/mol. The predicted octanol–water partition coefficient (Wildman–Crippen LogP) is 2.85. The SMILES string of the molecule is CCCNc1nc(OCCC)nc(-c2cncc(C)c2)n1. The molecule has 21 heavy (non-hydrogen) atoms. The summed E-state index contributed by atoms with van der Waals surface area (Å²) in [6.45, 7) is 7.52. The maximum Gasteiger partial charge on any atom is 0.321 e. The normalized spacial score (nSPS) is 10.4. The van der Waals surface area contributed by atoms with Crippen LogP contribution in [0.2, 0.25) is 0 Å². The van der Waals surface area contributed by atoms with E-state index in [1.54, 1.807) is 12.4 Å². The van der Waals surface area contributed by atoms with Crippen LogP contribution in [-0.4, -0.2) is 33.1 Å². The minimum atomic E-state index is 0.349. The fourth-order valence-corrected chi connectivity index (χ4v) is 1.74. The molecule has 0 spiro atoms. The standard InChI is InChI=1S/C15H21N5O/c1-4-6-17-14-18-13(12-8-11(3)9-16-10-12)19-15(20-14)21-7-5-2/h8-10H,4-7H2,1-3H3,(H,17,18,19,20). The first-order valence-corrected chi connectivity index (χ1v) is 7.27. The fraction of sp³-hybridized carbons (Fsp3) is 0.467. The summed E-state index contributed by atoms with van der Waals surface area (Å²) >= 11 is 0. The van der Waals surface area contributed by atoms with Crippen molar-refractivity contribution in [1.82, 2.24) is 19.9 Å². The molecule has 0 atom stereocenters. The molecule has 0 bridgehead atoms. The minimum absolute atomic E-state index is 0.349. The van der Waals surface area contributed by atoms with Gasteiger partial charge in [0, 0.05) is 24.5 Å². The molecule has 6 heteroatoms. The van der Waals surface area contributed by atoms with Gasteiger partial charge in [-0.3, -0.25) is 4.98 Å². The largest absolute Gasteiger partial charge is 0.463 e. The van der Waals surface area contributed by atoms with Gasteiger partial charge in [0.2, 0.25) is 5.95 Å². The van der Waals surface area contributed by atoms with Crippen LogP contribution in [-0.2, 0) is 0 Å². The number of aromatic nitrogens is 4. The Kier molecular flexibility index (Phi) is 5.43. The van der Waals surface area contributed by atoms with E-state index in [1.165, 1.54) is 0 Å². The second-order valence-electron chi connectivity index (χ2n) is 4.79. The number of nitrogens with zero attached hydrogens (tertiary/aromatic N) is 4. The average Bonchev–Trinajstić information content (AvgIpc) is 2.50. The minimum Gasteiger partial charge on any atom is -0.463 e. The van der Waals surface area contributed by atoms with Gasteiger partial charge in [-0.1, -0.05) is 13.8 Å². The van der Waals surface area contributed by atoms with E-state index in [2.05, 4.69) is 32.2 Å². The summed E-state index contributed by atoms with van der Waals surface area (Å²) < 4.78 is 5.55. The van der Waals surface area contributed by atoms with Gasteiger partial charge in [-0.25, -0.2) is 0 Å². The van der Waals surface area contributed by atoms with Gasteiger partial charge in [0.1, 0.15) is 0 Å². The molecule has 0 aliphatic heterocycles. The molecule has 2 aromatic heterocycles. The van der Waals surface area contributed by atoms with Crippen molar-refractivity contribution in [2.75, 3.05) is 18.5 Å². The smallest absolute Gasteiger partial charge is 0.321 e. The Morgan fingerprint density at radius 1 is 1.10 bits per heavy atom. The third kappa shape index (κ3) is 4.37. The Morgan fingerprint density at radius 2 is 1.95 bits per heavy atom. The first-order chi connectivity index (χ1) is 10.2. The highest BCUT2D eigenvalue weighted by molar-refractivity contribution is 5.56. The first kappa shape index (κ1) is 15.2. The zero-order chi connectivity index (χ0) is 15.1. The van der Waals surface area contributed by atoms with Gasteiger partial charge in [-0.2, -0.15) is 15.0 Å². The molecule has 0 aromatic carbocycles. The second-order valence-corrected chi connectivity index (χ2v) is 4.79. The molecule has 0 amide bonds. The van der Waals surface area contributed by atoms with E-state index >= 15 is 0 Å². The van der Waals surface area contributed by atoms with Crippen LogP contribution in [0.4, 0.5) is 5.95 Å². The molecule has 0 radical (unpaired) electrons. The van der Waals surface area contributed by atoms with Gasteiger partial charge in [-0.05, 0) is 31.4 Å². The topological polar surface area (TPSA) is 72.8 Å². The number of anilines is 1. The molecule has 2 aromatic rings. The van der Waals surface area contributed by atoms with Crippen molar-refractivity contribution in [3.05, 3.63) is 24.0 Å². The van der Waals surface area contributed by atoms with Crippen molar-refractivity contribution in [3.63, 3.8) is 0 Å². The quantitative estimate of drug-likeness (QED) is 0.844. The number of pyridine rings is 1. The third-order valence-corrected chi connectivity index (χ3v) is 2.72. The summed E-state index contributed by atoms with van der Waals surface area (Å²) in [7, 11) is 0. The molecule has 2 rings (SSSR count). The van der Waals surface area contributed by atoms with E-state index in [9.17, 15) is 0 Å². The lowest BCUT2D eigenvalue weighted by atomic mass is 10.2. The first-order valence-electron chi connectivity index (χ1n) is 7.27. The van der Waals surface area contributed by atoms with E-state index in [-0.39, 0.29) is 0 Å². The molecule has 0 fully saturated rings. The van der Waals surface area contributed by atoms with Crippen molar-refractivity contribution in [3.8, 4) is 17.4 Å². The van der Waals surface area contributed by atoms with E-state index in [0.29, 0.717) is 24.4 Å². The van der Waals surface area contributed by atoms with Crippen LogP contribution in [0.15, 0.2) is 18.5 Å². The monoisotopic (exact) mass is 287 g/mol. The lowest BCUT2D eigenvalue weighted by Crippen LogP contribution is -2.09. The van der Waals surface area contributed by atoms with E-state index < -0.39 is 0 Å². The van der Waals surface area contributed by atoms with Gasteiger partial charge in [0.15, 0.2) is 5.82 Å². The Labute approximate surface area is 125 Å². The molecule has 0 saturated heterocycles. The summed E-state index contributed by atoms with van der Waals surface area (Å²) in [5.41, 5.74) is 1.92. The van der Waals surface area contributed by atoms with Crippen LogP contribution in [0.3, 0.4) is 0 Å². The summed E-state index contributed by atoms with van der Waals surface area (Å²) in [5, 5.41) is 3.17. The summed E-state index contributed by atoms with van der Waals surface area (Å²) in [6, 6.07) is 2.34. The molecule has 0 aliphatic carbocycles. The zero-order valence-electron chi connectivity index (χ0n) is 12.8. The Hall–Kier alpha value is -2.24. The Bertz CT molecular complexity index is 562. The predicted molar refractivity (Wildman–Crippen MR) is 82.4 cm³/mol. The molecule has 0 aliphatic rings. The maximum absolute atomic E-state index is 5.55. The third-order valence-electron chi connectivity index (χ3n) is 2.72. The summed E-state index contributed by atoms with van der Waals surface area (Å²) in [4.78, 5) is 17.3. The van der Waals surface area contributed by atoms with Gasteiger partial charge < -0.3 is 10.1 Å². The number of ether oxygens (including phenoxy) is 1. The molecule has 1 N–H and O–H groups in total.